The normalized spacial score (nSPS) is 10.5. The molecule has 0 aliphatic rings. The molecule has 4 nitrogen and oxygen atoms in total. The number of nitrogen functional groups attached to an aromatic ring is 1. The first kappa shape index (κ1) is 9.92. The molecule has 1 aromatic heterocycles. The van der Waals surface area contributed by atoms with Crippen molar-refractivity contribution in [1.29, 1.82) is 0 Å². The van der Waals surface area contributed by atoms with Crippen molar-refractivity contribution in [3.63, 3.8) is 0 Å². The molecule has 0 amide bonds. The first-order valence-corrected chi connectivity index (χ1v) is 4.96. The van der Waals surface area contributed by atoms with Crippen LogP contribution in [0.1, 0.15) is 10.5 Å². The highest BCUT2D eigenvalue weighted by atomic mass is 79.9. The fourth-order valence-electron chi connectivity index (χ4n) is 1.33. The Bertz CT molecular complexity index is 554. The number of carboxylic acid groups (broad SMARTS) is 1. The Kier molecular flexibility index (Phi) is 2.32. The van der Waals surface area contributed by atoms with Crippen LogP contribution in [0.5, 0.6) is 0 Å². The van der Waals surface area contributed by atoms with E-state index in [0.717, 1.165) is 9.86 Å². The van der Waals surface area contributed by atoms with E-state index in [1.165, 1.54) is 6.07 Å². The highest BCUT2D eigenvalue weighted by Gasteiger charge is 2.08. The second kappa shape index (κ2) is 3.51. The van der Waals surface area contributed by atoms with Crippen molar-refractivity contribution in [2.45, 2.75) is 0 Å². The number of rotatable bonds is 1. The molecule has 0 spiro atoms. The smallest absolute Gasteiger partial charge is 0.354 e. The van der Waals surface area contributed by atoms with Gasteiger partial charge in [0.05, 0.1) is 5.52 Å². The van der Waals surface area contributed by atoms with Crippen LogP contribution in [-0.4, -0.2) is 16.1 Å². The van der Waals surface area contributed by atoms with Crippen molar-refractivity contribution >= 4 is 38.5 Å². The van der Waals surface area contributed by atoms with Crippen molar-refractivity contribution < 1.29 is 9.90 Å². The summed E-state index contributed by atoms with van der Waals surface area (Å²) >= 11 is 3.31. The molecule has 0 bridgehead atoms. The Balaban J connectivity index is 2.78. The van der Waals surface area contributed by atoms with E-state index in [0.29, 0.717) is 11.2 Å². The standard InChI is InChI=1S/C10H7BrN2O2/c11-5-1-2-8-6(3-5)7(12)4-9(13-8)10(14)15/h1-4H,(H2,12,13)(H,14,15). The van der Waals surface area contributed by atoms with Gasteiger partial charge in [0.1, 0.15) is 0 Å². The number of pyridine rings is 1. The molecule has 3 N–H and O–H groups in total. The fraction of sp³-hybridized carbons (Fsp3) is 0. The van der Waals surface area contributed by atoms with Gasteiger partial charge >= 0.3 is 5.97 Å². The number of aromatic carboxylic acids is 1. The molecule has 0 saturated heterocycles. The Morgan fingerprint density at radius 3 is 2.80 bits per heavy atom. The van der Waals surface area contributed by atoms with Crippen LogP contribution < -0.4 is 5.73 Å². The minimum absolute atomic E-state index is 0.0395. The average Bonchev–Trinajstić information content (AvgIpc) is 2.18. The highest BCUT2D eigenvalue weighted by Crippen LogP contribution is 2.24. The molecule has 2 aromatic rings. The molecular formula is C10H7BrN2O2. The quantitative estimate of drug-likeness (QED) is 0.831. The number of anilines is 1. The van der Waals surface area contributed by atoms with Gasteiger partial charge in [0.25, 0.3) is 0 Å². The summed E-state index contributed by atoms with van der Waals surface area (Å²) in [6, 6.07) is 6.68. The lowest BCUT2D eigenvalue weighted by Crippen LogP contribution is -2.02. The van der Waals surface area contributed by atoms with Crippen LogP contribution in [0.25, 0.3) is 10.9 Å². The molecule has 5 heteroatoms. The lowest BCUT2D eigenvalue weighted by Gasteiger charge is -2.03. The maximum Gasteiger partial charge on any atom is 0.354 e. The van der Waals surface area contributed by atoms with E-state index < -0.39 is 5.97 Å². The molecule has 1 aromatic carbocycles. The zero-order valence-electron chi connectivity index (χ0n) is 7.57. The highest BCUT2D eigenvalue weighted by molar-refractivity contribution is 9.10. The number of benzene rings is 1. The van der Waals surface area contributed by atoms with Gasteiger partial charge in [-0.1, -0.05) is 15.9 Å². The molecule has 76 valence electrons. The van der Waals surface area contributed by atoms with Gasteiger partial charge in [0.2, 0.25) is 0 Å². The molecule has 0 atom stereocenters. The Morgan fingerprint density at radius 2 is 2.13 bits per heavy atom. The summed E-state index contributed by atoms with van der Waals surface area (Å²) < 4.78 is 0.881. The summed E-state index contributed by atoms with van der Waals surface area (Å²) in [5.74, 6) is -1.08. The van der Waals surface area contributed by atoms with Gasteiger partial charge in [0.15, 0.2) is 5.69 Å². The molecule has 2 rings (SSSR count). The fourth-order valence-corrected chi connectivity index (χ4v) is 1.69. The number of fused-ring (bicyclic) bond motifs is 1. The third-order valence-electron chi connectivity index (χ3n) is 2.02. The SMILES string of the molecule is Nc1cc(C(=O)O)nc2ccc(Br)cc12. The zero-order valence-corrected chi connectivity index (χ0v) is 9.15. The van der Waals surface area contributed by atoms with Crippen LogP contribution in [0.3, 0.4) is 0 Å². The van der Waals surface area contributed by atoms with Crippen LogP contribution in [0.2, 0.25) is 0 Å². The Labute approximate surface area is 93.9 Å². The molecule has 0 aliphatic heterocycles. The van der Waals surface area contributed by atoms with E-state index in [1.54, 1.807) is 12.1 Å². The number of nitrogens with zero attached hydrogens (tertiary/aromatic N) is 1. The Hall–Kier alpha value is -1.62. The molecule has 0 fully saturated rings. The molecule has 0 saturated carbocycles. The van der Waals surface area contributed by atoms with Gasteiger partial charge in [-0.05, 0) is 24.3 Å². The van der Waals surface area contributed by atoms with E-state index in [4.69, 9.17) is 10.8 Å². The van der Waals surface area contributed by atoms with Crippen LogP contribution in [0.4, 0.5) is 5.69 Å². The largest absolute Gasteiger partial charge is 0.477 e. The molecule has 0 radical (unpaired) electrons. The van der Waals surface area contributed by atoms with Gasteiger partial charge in [-0.3, -0.25) is 0 Å². The number of carboxylic acids is 1. The minimum atomic E-state index is -1.08. The van der Waals surface area contributed by atoms with Gasteiger partial charge < -0.3 is 10.8 Å². The summed E-state index contributed by atoms with van der Waals surface area (Å²) in [5, 5.41) is 9.54. The lowest BCUT2D eigenvalue weighted by molar-refractivity contribution is 0.0691. The number of hydrogen-bond donors (Lipinski definition) is 2. The third kappa shape index (κ3) is 1.78. The molecular weight excluding hydrogens is 260 g/mol. The first-order chi connectivity index (χ1) is 7.08. The summed E-state index contributed by atoms with van der Waals surface area (Å²) in [6.45, 7) is 0. The van der Waals surface area contributed by atoms with Crippen LogP contribution in [-0.2, 0) is 0 Å². The number of nitrogens with two attached hydrogens (primary N) is 1. The van der Waals surface area contributed by atoms with E-state index in [2.05, 4.69) is 20.9 Å². The average molecular weight is 267 g/mol. The van der Waals surface area contributed by atoms with Crippen molar-refractivity contribution in [2.24, 2.45) is 0 Å². The van der Waals surface area contributed by atoms with Gasteiger partial charge in [0, 0.05) is 15.5 Å². The molecule has 15 heavy (non-hydrogen) atoms. The predicted octanol–water partition coefficient (Wildman–Crippen LogP) is 2.28. The van der Waals surface area contributed by atoms with Crippen molar-refractivity contribution in [1.82, 2.24) is 4.98 Å². The maximum atomic E-state index is 10.7. The zero-order chi connectivity index (χ0) is 11.0. The van der Waals surface area contributed by atoms with Gasteiger partial charge in [-0.15, -0.1) is 0 Å². The van der Waals surface area contributed by atoms with Crippen LogP contribution in [0.15, 0.2) is 28.7 Å². The molecule has 0 unspecified atom stereocenters. The predicted molar refractivity (Wildman–Crippen MR) is 60.8 cm³/mol. The van der Waals surface area contributed by atoms with E-state index in [1.807, 2.05) is 6.07 Å². The third-order valence-corrected chi connectivity index (χ3v) is 2.52. The van der Waals surface area contributed by atoms with Crippen molar-refractivity contribution in [3.05, 3.63) is 34.4 Å². The van der Waals surface area contributed by atoms with Crippen LogP contribution >= 0.6 is 15.9 Å². The topological polar surface area (TPSA) is 76.2 Å². The number of halogens is 1. The van der Waals surface area contributed by atoms with Gasteiger partial charge in [-0.25, -0.2) is 9.78 Å². The Morgan fingerprint density at radius 1 is 1.40 bits per heavy atom. The maximum absolute atomic E-state index is 10.7. The second-order valence-electron chi connectivity index (χ2n) is 3.06. The summed E-state index contributed by atoms with van der Waals surface area (Å²) in [5.41, 5.74) is 6.69. The first-order valence-electron chi connectivity index (χ1n) is 4.17. The van der Waals surface area contributed by atoms with Crippen molar-refractivity contribution in [2.75, 3.05) is 5.73 Å². The van der Waals surface area contributed by atoms with Gasteiger partial charge in [-0.2, -0.15) is 0 Å². The monoisotopic (exact) mass is 266 g/mol. The summed E-state index contributed by atoms with van der Waals surface area (Å²) in [7, 11) is 0. The number of aromatic nitrogens is 1. The van der Waals surface area contributed by atoms with E-state index in [9.17, 15) is 4.79 Å². The van der Waals surface area contributed by atoms with Crippen molar-refractivity contribution in [3.8, 4) is 0 Å². The lowest BCUT2D eigenvalue weighted by atomic mass is 10.1. The molecule has 0 aliphatic carbocycles. The van der Waals surface area contributed by atoms with Crippen LogP contribution in [0, 0.1) is 0 Å². The summed E-state index contributed by atoms with van der Waals surface area (Å²) in [6.07, 6.45) is 0. The molecule has 1 heterocycles. The van der Waals surface area contributed by atoms with E-state index in [-0.39, 0.29) is 5.69 Å². The van der Waals surface area contributed by atoms with E-state index >= 15 is 0 Å². The second-order valence-corrected chi connectivity index (χ2v) is 3.98. The number of carbonyl (C=O) groups is 1. The summed E-state index contributed by atoms with van der Waals surface area (Å²) in [4.78, 5) is 14.7. The number of hydrogen-bond acceptors (Lipinski definition) is 3. The minimum Gasteiger partial charge on any atom is -0.477 e.